The maximum absolute atomic E-state index is 14.0. The number of nitrogens with two attached hydrogens (primary N) is 2. The van der Waals surface area contributed by atoms with Crippen LogP contribution >= 0.6 is 0 Å². The summed E-state index contributed by atoms with van der Waals surface area (Å²) in [7, 11) is 0. The maximum Gasteiger partial charge on any atom is 0.243 e. The first-order valence-electron chi connectivity index (χ1n) is 28.6. The first-order valence-corrected chi connectivity index (χ1v) is 28.6. The minimum absolute atomic E-state index is 0.0609. The molecule has 12 nitrogen and oxygen atoms in total. The third-order valence-electron chi connectivity index (χ3n) is 13.1. The number of carbonyl (C=O) groups excluding carboxylic acids is 5. The lowest BCUT2D eigenvalue weighted by Crippen LogP contribution is -2.56. The Morgan fingerprint density at radius 3 is 1.01 bits per heavy atom. The lowest BCUT2D eigenvalue weighted by molar-refractivity contribution is -0.134. The summed E-state index contributed by atoms with van der Waals surface area (Å²) in [6.07, 6.45) is 41.3. The molecule has 0 aromatic rings. The van der Waals surface area contributed by atoms with E-state index in [9.17, 15) is 24.0 Å². The summed E-state index contributed by atoms with van der Waals surface area (Å²) in [4.78, 5) is 67.1. The highest BCUT2D eigenvalue weighted by Gasteiger charge is 2.29. The predicted molar refractivity (Wildman–Crippen MR) is 282 cm³/mol. The maximum atomic E-state index is 14.0. The number of carbonyl (C=O) groups is 5. The molecule has 67 heavy (non-hydrogen) atoms. The summed E-state index contributed by atoms with van der Waals surface area (Å²) >= 11 is 0. The highest BCUT2D eigenvalue weighted by atomic mass is 16.2. The molecule has 0 fully saturated rings. The molecule has 3 unspecified atom stereocenters. The highest BCUT2D eigenvalue weighted by molar-refractivity contribution is 5.94. The Morgan fingerprint density at radius 2 is 0.612 bits per heavy atom. The van der Waals surface area contributed by atoms with Gasteiger partial charge in [-0.05, 0) is 90.1 Å². The van der Waals surface area contributed by atoms with E-state index >= 15 is 0 Å². The molecule has 12 heteroatoms. The number of rotatable bonds is 51. The molecule has 5 amide bonds. The quantitative estimate of drug-likeness (QED) is 0.0294. The van der Waals surface area contributed by atoms with Gasteiger partial charge in [-0.15, -0.1) is 0 Å². The van der Waals surface area contributed by atoms with Gasteiger partial charge in [-0.25, -0.2) is 0 Å². The molecule has 0 aromatic carbocycles. The lowest BCUT2D eigenvalue weighted by atomic mass is 10.0. The zero-order valence-corrected chi connectivity index (χ0v) is 44.0. The van der Waals surface area contributed by atoms with Gasteiger partial charge < -0.3 is 38.1 Å². The number of amides is 5. The Kier molecular flexibility index (Phi) is 47.7. The van der Waals surface area contributed by atoms with E-state index in [1.807, 2.05) is 0 Å². The molecule has 0 spiro atoms. The second-order valence-electron chi connectivity index (χ2n) is 19.6. The van der Waals surface area contributed by atoms with Crippen molar-refractivity contribution in [3.05, 3.63) is 0 Å². The minimum atomic E-state index is -0.895. The monoisotopic (exact) mass is 948 g/mol. The van der Waals surface area contributed by atoms with Crippen LogP contribution in [0.3, 0.4) is 0 Å². The Balaban J connectivity index is 5.26. The van der Waals surface area contributed by atoms with Crippen molar-refractivity contribution in [2.45, 2.75) is 296 Å². The van der Waals surface area contributed by atoms with E-state index in [0.29, 0.717) is 90.4 Å². The fourth-order valence-corrected chi connectivity index (χ4v) is 8.71. The van der Waals surface area contributed by atoms with Gasteiger partial charge >= 0.3 is 0 Å². The van der Waals surface area contributed by atoms with Crippen molar-refractivity contribution >= 4 is 29.5 Å². The van der Waals surface area contributed by atoms with Crippen LogP contribution < -0.4 is 38.1 Å². The van der Waals surface area contributed by atoms with Crippen LogP contribution in [0, 0.1) is 0 Å². The van der Waals surface area contributed by atoms with E-state index in [1.54, 1.807) is 0 Å². The van der Waals surface area contributed by atoms with Crippen LogP contribution in [-0.2, 0) is 24.0 Å². The molecule has 0 aliphatic rings. The lowest BCUT2D eigenvalue weighted by Gasteiger charge is -2.25. The second-order valence-corrected chi connectivity index (χ2v) is 19.6. The summed E-state index contributed by atoms with van der Waals surface area (Å²) in [6, 6.07) is -2.47. The number of hydrogen-bond acceptors (Lipinski definition) is 7. The zero-order chi connectivity index (χ0) is 49.3. The molecular formula is C55H109N7O5. The zero-order valence-electron chi connectivity index (χ0n) is 44.0. The summed E-state index contributed by atoms with van der Waals surface area (Å²) in [6.45, 7) is 8.62. The van der Waals surface area contributed by atoms with Gasteiger partial charge in [0.15, 0.2) is 0 Å². The van der Waals surface area contributed by atoms with E-state index in [4.69, 9.17) is 11.5 Å². The van der Waals surface area contributed by atoms with Gasteiger partial charge in [-0.2, -0.15) is 0 Å². The van der Waals surface area contributed by atoms with Crippen molar-refractivity contribution in [3.8, 4) is 0 Å². The number of unbranched alkanes of at least 4 members (excludes halogenated alkanes) is 29. The normalized spacial score (nSPS) is 12.6. The molecular weight excluding hydrogens is 839 g/mol. The topological polar surface area (TPSA) is 198 Å². The minimum Gasteiger partial charge on any atom is -0.356 e. The summed E-state index contributed by atoms with van der Waals surface area (Å²) in [5.41, 5.74) is 11.5. The average Bonchev–Trinajstić information content (AvgIpc) is 3.32. The predicted octanol–water partition coefficient (Wildman–Crippen LogP) is 11.3. The summed E-state index contributed by atoms with van der Waals surface area (Å²) in [5, 5.41) is 14.9. The van der Waals surface area contributed by atoms with Gasteiger partial charge in [0, 0.05) is 25.9 Å². The van der Waals surface area contributed by atoms with Crippen LogP contribution in [-0.4, -0.2) is 73.8 Å². The first-order chi connectivity index (χ1) is 32.7. The van der Waals surface area contributed by atoms with E-state index in [2.05, 4.69) is 47.4 Å². The van der Waals surface area contributed by atoms with Crippen LogP contribution in [0.25, 0.3) is 0 Å². The summed E-state index contributed by atoms with van der Waals surface area (Å²) in [5.74, 6) is -1.18. The van der Waals surface area contributed by atoms with E-state index < -0.39 is 29.9 Å². The third-order valence-corrected chi connectivity index (χ3v) is 13.1. The van der Waals surface area contributed by atoms with Crippen LogP contribution in [0.15, 0.2) is 0 Å². The molecule has 0 aliphatic heterocycles. The largest absolute Gasteiger partial charge is 0.356 e. The SMILES string of the molecule is CCCCCCCCCCCCCCCC(=O)NCCCCC(NC(=O)CCCCCCCCCCCCCCC)C(=O)NC(CCCCN)C(=O)NC(CCCCN)C(=O)NCCCCC. The second kappa shape index (κ2) is 49.7. The molecule has 0 rings (SSSR count). The molecule has 0 bridgehead atoms. The Morgan fingerprint density at radius 1 is 0.313 bits per heavy atom. The highest BCUT2D eigenvalue weighted by Crippen LogP contribution is 2.15. The van der Waals surface area contributed by atoms with Crippen molar-refractivity contribution in [1.82, 2.24) is 26.6 Å². The molecule has 0 heterocycles. The fraction of sp³-hybridized carbons (Fsp3) is 0.909. The molecule has 0 saturated carbocycles. The standard InChI is InChI=1S/C55H109N7O5/c1-4-7-10-12-14-16-18-20-22-24-26-28-30-42-51(63)58-46-38-34-41-49(60-52(64)43-31-29-27-25-23-21-19-17-15-13-11-8-5-2)54(66)62-50(40-33-36-45-57)55(67)61-48(39-32-35-44-56)53(65)59-47-37-9-6-3/h48-50H,4-47,56-57H2,1-3H3,(H,58,63)(H,59,65)(H,60,64)(H,61,67)(H,62,66). The van der Waals surface area contributed by atoms with Crippen molar-refractivity contribution in [1.29, 1.82) is 0 Å². The van der Waals surface area contributed by atoms with Crippen LogP contribution in [0.2, 0.25) is 0 Å². The Labute approximate surface area is 412 Å². The Bertz CT molecular complexity index is 1170. The Hall–Kier alpha value is -2.73. The average molecular weight is 949 g/mol. The van der Waals surface area contributed by atoms with Crippen molar-refractivity contribution in [2.75, 3.05) is 26.2 Å². The van der Waals surface area contributed by atoms with Gasteiger partial charge in [0.1, 0.15) is 18.1 Å². The van der Waals surface area contributed by atoms with Crippen LogP contribution in [0.4, 0.5) is 0 Å². The molecule has 0 aromatic heterocycles. The molecule has 0 saturated heterocycles. The molecule has 3 atom stereocenters. The molecule has 0 aliphatic carbocycles. The van der Waals surface area contributed by atoms with Crippen molar-refractivity contribution in [2.24, 2.45) is 11.5 Å². The van der Waals surface area contributed by atoms with E-state index in [-0.39, 0.29) is 17.7 Å². The van der Waals surface area contributed by atoms with Crippen LogP contribution in [0.5, 0.6) is 0 Å². The van der Waals surface area contributed by atoms with Crippen molar-refractivity contribution in [3.63, 3.8) is 0 Å². The van der Waals surface area contributed by atoms with Gasteiger partial charge in [0.05, 0.1) is 0 Å². The fourth-order valence-electron chi connectivity index (χ4n) is 8.71. The number of nitrogens with one attached hydrogen (secondary N) is 5. The first kappa shape index (κ1) is 64.3. The van der Waals surface area contributed by atoms with Gasteiger partial charge in [0.2, 0.25) is 29.5 Å². The van der Waals surface area contributed by atoms with Crippen molar-refractivity contribution < 1.29 is 24.0 Å². The van der Waals surface area contributed by atoms with E-state index in [1.165, 1.54) is 135 Å². The van der Waals surface area contributed by atoms with Gasteiger partial charge in [0.25, 0.3) is 0 Å². The van der Waals surface area contributed by atoms with Gasteiger partial charge in [-0.1, -0.05) is 188 Å². The number of hydrogen-bond donors (Lipinski definition) is 7. The van der Waals surface area contributed by atoms with E-state index in [0.717, 1.165) is 57.8 Å². The smallest absolute Gasteiger partial charge is 0.243 e. The molecule has 0 radical (unpaired) electrons. The third kappa shape index (κ3) is 41.9. The van der Waals surface area contributed by atoms with Gasteiger partial charge in [-0.3, -0.25) is 24.0 Å². The molecule has 9 N–H and O–H groups in total. The van der Waals surface area contributed by atoms with Crippen LogP contribution in [0.1, 0.15) is 278 Å². The molecule has 394 valence electrons. The summed E-state index contributed by atoms with van der Waals surface area (Å²) < 4.78 is 0.